The van der Waals surface area contributed by atoms with E-state index in [0.29, 0.717) is 38.2 Å². The number of nitrogens with zero attached hydrogens (tertiary/aromatic N) is 1. The molecule has 0 radical (unpaired) electrons. The lowest BCUT2D eigenvalue weighted by molar-refractivity contribution is -0.138. The van der Waals surface area contributed by atoms with Gasteiger partial charge in [-0.1, -0.05) is 0 Å². The van der Waals surface area contributed by atoms with Gasteiger partial charge in [-0.3, -0.25) is 9.59 Å². The predicted molar refractivity (Wildman–Crippen MR) is 77.5 cm³/mol. The molecule has 1 aromatic heterocycles. The third-order valence-electron chi connectivity index (χ3n) is 3.45. The fourth-order valence-corrected chi connectivity index (χ4v) is 3.27. The van der Waals surface area contributed by atoms with Gasteiger partial charge in [0.15, 0.2) is 0 Å². The number of carbonyl (C=O) groups is 2. The van der Waals surface area contributed by atoms with Crippen molar-refractivity contribution in [3.63, 3.8) is 0 Å². The quantitative estimate of drug-likeness (QED) is 0.863. The van der Waals surface area contributed by atoms with Crippen LogP contribution in [0.25, 0.3) is 0 Å². The number of carboxylic acid groups (broad SMARTS) is 1. The summed E-state index contributed by atoms with van der Waals surface area (Å²) in [6.45, 7) is 1.18. The molecule has 0 aromatic carbocycles. The first kappa shape index (κ1) is 15.9. The summed E-state index contributed by atoms with van der Waals surface area (Å²) in [5.41, 5.74) is 0.537. The highest BCUT2D eigenvalue weighted by Gasteiger charge is 2.29. The molecule has 2 heterocycles. The van der Waals surface area contributed by atoms with Crippen LogP contribution in [0.4, 0.5) is 0 Å². The van der Waals surface area contributed by atoms with Crippen molar-refractivity contribution in [2.24, 2.45) is 0 Å². The summed E-state index contributed by atoms with van der Waals surface area (Å²) >= 11 is 1.44. The Morgan fingerprint density at radius 2 is 2.19 bits per heavy atom. The van der Waals surface area contributed by atoms with Crippen molar-refractivity contribution in [1.29, 1.82) is 0 Å². The van der Waals surface area contributed by atoms with Crippen LogP contribution in [-0.2, 0) is 20.9 Å². The Hall–Kier alpha value is -1.44. The third kappa shape index (κ3) is 4.03. The zero-order chi connectivity index (χ0) is 15.2. The predicted octanol–water partition coefficient (Wildman–Crippen LogP) is 1.60. The minimum Gasteiger partial charge on any atom is -0.480 e. The Bertz CT molecular complexity index is 495. The number of hydrogen-bond donors (Lipinski definition) is 1. The first-order valence-electron chi connectivity index (χ1n) is 6.79. The molecule has 116 valence electrons. The summed E-state index contributed by atoms with van der Waals surface area (Å²) in [7, 11) is 1.57. The van der Waals surface area contributed by atoms with E-state index < -0.39 is 5.97 Å². The topological polar surface area (TPSA) is 76.1 Å². The van der Waals surface area contributed by atoms with Gasteiger partial charge in [0.1, 0.15) is 6.54 Å². The highest BCUT2D eigenvalue weighted by molar-refractivity contribution is 7.10. The van der Waals surface area contributed by atoms with E-state index in [1.54, 1.807) is 13.2 Å². The Morgan fingerprint density at radius 1 is 1.48 bits per heavy atom. The van der Waals surface area contributed by atoms with Crippen LogP contribution in [0.1, 0.15) is 28.1 Å². The number of carbonyl (C=O) groups excluding carboxylic acids is 1. The van der Waals surface area contributed by atoms with Crippen molar-refractivity contribution in [1.82, 2.24) is 4.90 Å². The van der Waals surface area contributed by atoms with Gasteiger partial charge in [-0.15, -0.1) is 11.3 Å². The standard InChI is InChI=1S/C14H19NO5S/c1-19-9-12-11(4-7-21-12)14(18)15(8-13(16)17)10-2-5-20-6-3-10/h4,7,10H,2-3,5-6,8-9H2,1H3,(H,16,17). The highest BCUT2D eigenvalue weighted by atomic mass is 32.1. The van der Waals surface area contributed by atoms with Crippen LogP contribution < -0.4 is 0 Å². The largest absolute Gasteiger partial charge is 0.480 e. The van der Waals surface area contributed by atoms with Gasteiger partial charge in [0.2, 0.25) is 0 Å². The Labute approximate surface area is 127 Å². The highest BCUT2D eigenvalue weighted by Crippen LogP contribution is 2.23. The summed E-state index contributed by atoms with van der Waals surface area (Å²) in [6, 6.07) is 1.65. The number of thiophene rings is 1. The summed E-state index contributed by atoms with van der Waals surface area (Å²) in [6.07, 6.45) is 1.34. The van der Waals surface area contributed by atoms with Gasteiger partial charge in [0, 0.05) is 31.2 Å². The normalized spacial score (nSPS) is 15.9. The van der Waals surface area contributed by atoms with Gasteiger partial charge in [0.05, 0.1) is 12.2 Å². The first-order valence-corrected chi connectivity index (χ1v) is 7.67. The minimum absolute atomic E-state index is 0.0855. The van der Waals surface area contributed by atoms with Gasteiger partial charge >= 0.3 is 5.97 Å². The van der Waals surface area contributed by atoms with Gasteiger partial charge in [-0.2, -0.15) is 0 Å². The van der Waals surface area contributed by atoms with Crippen LogP contribution in [-0.4, -0.2) is 54.8 Å². The van der Waals surface area contributed by atoms with Crippen LogP contribution in [0.3, 0.4) is 0 Å². The van der Waals surface area contributed by atoms with Gasteiger partial charge < -0.3 is 19.5 Å². The molecule has 0 saturated carbocycles. The molecular weight excluding hydrogens is 294 g/mol. The van der Waals surface area contributed by atoms with E-state index in [1.165, 1.54) is 16.2 Å². The van der Waals surface area contributed by atoms with Crippen molar-refractivity contribution in [2.75, 3.05) is 26.9 Å². The maximum Gasteiger partial charge on any atom is 0.323 e. The molecule has 0 atom stereocenters. The molecule has 0 aliphatic carbocycles. The zero-order valence-electron chi connectivity index (χ0n) is 11.9. The molecule has 0 bridgehead atoms. The van der Waals surface area contributed by atoms with Crippen LogP contribution in [0.2, 0.25) is 0 Å². The van der Waals surface area contributed by atoms with E-state index in [2.05, 4.69) is 0 Å². The van der Waals surface area contributed by atoms with E-state index in [0.717, 1.165) is 4.88 Å². The van der Waals surface area contributed by atoms with Gasteiger partial charge in [-0.05, 0) is 24.3 Å². The number of methoxy groups -OCH3 is 1. The molecule has 1 aliphatic rings. The molecule has 2 rings (SSSR count). The third-order valence-corrected chi connectivity index (χ3v) is 4.34. The molecule has 1 fully saturated rings. The van der Waals surface area contributed by atoms with Crippen molar-refractivity contribution in [2.45, 2.75) is 25.5 Å². The van der Waals surface area contributed by atoms with Crippen molar-refractivity contribution in [3.8, 4) is 0 Å². The Balaban J connectivity index is 2.20. The molecule has 1 amide bonds. The molecule has 1 aromatic rings. The summed E-state index contributed by atoms with van der Waals surface area (Å²) in [4.78, 5) is 26.1. The van der Waals surface area contributed by atoms with E-state index in [9.17, 15) is 9.59 Å². The number of ether oxygens (including phenoxy) is 2. The second-order valence-electron chi connectivity index (χ2n) is 4.86. The summed E-state index contributed by atoms with van der Waals surface area (Å²) < 4.78 is 10.4. The number of amides is 1. The van der Waals surface area contributed by atoms with E-state index >= 15 is 0 Å². The number of carboxylic acids is 1. The molecule has 21 heavy (non-hydrogen) atoms. The van der Waals surface area contributed by atoms with Gasteiger partial charge in [-0.25, -0.2) is 0 Å². The Morgan fingerprint density at radius 3 is 2.81 bits per heavy atom. The molecule has 1 aliphatic heterocycles. The van der Waals surface area contributed by atoms with Crippen molar-refractivity contribution < 1.29 is 24.2 Å². The molecule has 1 N–H and O–H groups in total. The molecule has 7 heteroatoms. The van der Waals surface area contributed by atoms with Crippen molar-refractivity contribution >= 4 is 23.2 Å². The minimum atomic E-state index is -1.00. The van der Waals surface area contributed by atoms with Crippen LogP contribution >= 0.6 is 11.3 Å². The van der Waals surface area contributed by atoms with E-state index in [1.807, 2.05) is 5.38 Å². The van der Waals surface area contributed by atoms with E-state index in [4.69, 9.17) is 14.6 Å². The lowest BCUT2D eigenvalue weighted by atomic mass is 10.1. The van der Waals surface area contributed by atoms with Crippen LogP contribution in [0.15, 0.2) is 11.4 Å². The van der Waals surface area contributed by atoms with E-state index in [-0.39, 0.29) is 18.5 Å². The molecule has 0 unspecified atom stereocenters. The first-order chi connectivity index (χ1) is 10.1. The molecule has 0 spiro atoms. The smallest absolute Gasteiger partial charge is 0.323 e. The van der Waals surface area contributed by atoms with Crippen LogP contribution in [0, 0.1) is 0 Å². The number of aliphatic carboxylic acids is 1. The van der Waals surface area contributed by atoms with Crippen LogP contribution in [0.5, 0.6) is 0 Å². The fourth-order valence-electron chi connectivity index (χ4n) is 2.44. The number of hydrogen-bond acceptors (Lipinski definition) is 5. The summed E-state index contributed by atoms with van der Waals surface area (Å²) in [5.74, 6) is -1.24. The zero-order valence-corrected chi connectivity index (χ0v) is 12.7. The average molecular weight is 313 g/mol. The lowest BCUT2D eigenvalue weighted by Crippen LogP contribution is -2.46. The summed E-state index contributed by atoms with van der Waals surface area (Å²) in [5, 5.41) is 10.9. The monoisotopic (exact) mass is 313 g/mol. The SMILES string of the molecule is COCc1sccc1C(=O)N(CC(=O)O)C1CCOCC1. The second kappa shape index (κ2) is 7.53. The second-order valence-corrected chi connectivity index (χ2v) is 5.86. The Kier molecular flexibility index (Phi) is 5.72. The van der Waals surface area contributed by atoms with Crippen molar-refractivity contribution in [3.05, 3.63) is 21.9 Å². The lowest BCUT2D eigenvalue weighted by Gasteiger charge is -2.33. The molecule has 1 saturated heterocycles. The van der Waals surface area contributed by atoms with Gasteiger partial charge in [0.25, 0.3) is 5.91 Å². The fraction of sp³-hybridized carbons (Fsp3) is 0.571. The number of rotatable bonds is 6. The average Bonchev–Trinajstić information content (AvgIpc) is 2.93. The maximum atomic E-state index is 12.7. The molecular formula is C14H19NO5S. The molecule has 6 nitrogen and oxygen atoms in total. The maximum absolute atomic E-state index is 12.7.